The molecule has 1 aromatic heterocycles. The highest BCUT2D eigenvalue weighted by molar-refractivity contribution is 7.07. The highest BCUT2D eigenvalue weighted by Crippen LogP contribution is 2.30. The van der Waals surface area contributed by atoms with Gasteiger partial charge in [0.2, 0.25) is 0 Å². The van der Waals surface area contributed by atoms with Crippen molar-refractivity contribution >= 4 is 29.4 Å². The van der Waals surface area contributed by atoms with Crippen molar-refractivity contribution in [2.45, 2.75) is 26.8 Å². The zero-order valence-corrected chi connectivity index (χ0v) is 19.2. The van der Waals surface area contributed by atoms with E-state index in [-0.39, 0.29) is 17.7 Å². The Morgan fingerprint density at radius 2 is 1.85 bits per heavy atom. The number of aromatic carboxylic acids is 1. The van der Waals surface area contributed by atoms with Crippen LogP contribution in [0, 0.1) is 6.92 Å². The molecule has 4 rings (SSSR count). The summed E-state index contributed by atoms with van der Waals surface area (Å²) in [5.41, 5.74) is 2.78. The van der Waals surface area contributed by atoms with Crippen molar-refractivity contribution < 1.29 is 19.4 Å². The number of carboxylic acids is 1. The molecular formula is C25H22N2O5S. The number of benzene rings is 2. The summed E-state index contributed by atoms with van der Waals surface area (Å²) in [5.74, 6) is -1.59. The van der Waals surface area contributed by atoms with Gasteiger partial charge in [0, 0.05) is 0 Å². The molecule has 1 aliphatic rings. The van der Waals surface area contributed by atoms with Gasteiger partial charge in [0.05, 0.1) is 34.0 Å². The van der Waals surface area contributed by atoms with E-state index in [2.05, 4.69) is 4.99 Å². The predicted octanol–water partition coefficient (Wildman–Crippen LogP) is 2.80. The summed E-state index contributed by atoms with van der Waals surface area (Å²) in [6.07, 6.45) is 1.56. The van der Waals surface area contributed by atoms with Gasteiger partial charge in [0.25, 0.3) is 5.56 Å². The zero-order chi connectivity index (χ0) is 23.7. The molecule has 8 heteroatoms. The minimum absolute atomic E-state index is 0.0989. The van der Waals surface area contributed by atoms with Crippen LogP contribution in [0.4, 0.5) is 0 Å². The van der Waals surface area contributed by atoms with Crippen molar-refractivity contribution in [3.05, 3.63) is 102 Å². The van der Waals surface area contributed by atoms with Crippen LogP contribution < -0.4 is 14.9 Å². The minimum Gasteiger partial charge on any atom is -0.478 e. The predicted molar refractivity (Wildman–Crippen MR) is 125 cm³/mol. The Morgan fingerprint density at radius 1 is 1.15 bits per heavy atom. The Hall–Kier alpha value is -3.78. The average molecular weight is 463 g/mol. The van der Waals surface area contributed by atoms with Gasteiger partial charge in [-0.1, -0.05) is 59.4 Å². The molecule has 3 aromatic rings. The highest BCUT2D eigenvalue weighted by atomic mass is 32.1. The molecule has 0 unspecified atom stereocenters. The van der Waals surface area contributed by atoms with E-state index < -0.39 is 18.0 Å². The van der Waals surface area contributed by atoms with Crippen LogP contribution in [0.25, 0.3) is 6.08 Å². The third-order valence-electron chi connectivity index (χ3n) is 5.39. The number of esters is 1. The van der Waals surface area contributed by atoms with E-state index in [9.17, 15) is 19.5 Å². The lowest BCUT2D eigenvalue weighted by Gasteiger charge is -2.24. The number of carbonyl (C=O) groups excluding carboxylic acids is 1. The number of rotatable bonds is 5. The van der Waals surface area contributed by atoms with Crippen molar-refractivity contribution in [3.8, 4) is 0 Å². The number of carbonyl (C=O) groups is 2. The van der Waals surface area contributed by atoms with Gasteiger partial charge in [0.15, 0.2) is 4.80 Å². The lowest BCUT2D eigenvalue weighted by Crippen LogP contribution is -2.40. The number of hydrogen-bond acceptors (Lipinski definition) is 6. The van der Waals surface area contributed by atoms with Gasteiger partial charge < -0.3 is 9.84 Å². The van der Waals surface area contributed by atoms with Gasteiger partial charge in [0.1, 0.15) is 0 Å². The lowest BCUT2D eigenvalue weighted by atomic mass is 9.95. The van der Waals surface area contributed by atoms with Crippen LogP contribution in [0.3, 0.4) is 0 Å². The standard InChI is InChI=1S/C25H22N2O5S/c1-4-32-24(31)20-15(3)26-25-27(21(20)16-11-9-14(2)10-12-16)22(28)19(33-25)13-17-7-5-6-8-18(17)23(29)30/h5-13,21H,4H2,1-3H3,(H,29,30)/b19-13-/t21-/m1/s1. The molecule has 7 nitrogen and oxygen atoms in total. The Morgan fingerprint density at radius 3 is 2.52 bits per heavy atom. The fraction of sp³-hybridized carbons (Fsp3) is 0.200. The fourth-order valence-corrected chi connectivity index (χ4v) is 4.85. The SMILES string of the molecule is CCOC(=O)C1=C(C)N=c2s/c(=C\c3ccccc3C(=O)O)c(=O)n2[C@@H]1c1ccc(C)cc1. The summed E-state index contributed by atoms with van der Waals surface area (Å²) in [6, 6.07) is 13.4. The van der Waals surface area contributed by atoms with Crippen molar-refractivity contribution in [1.29, 1.82) is 0 Å². The molecule has 0 aliphatic carbocycles. The lowest BCUT2D eigenvalue weighted by molar-refractivity contribution is -0.139. The molecule has 0 bridgehead atoms. The molecule has 0 saturated carbocycles. The largest absolute Gasteiger partial charge is 0.478 e. The maximum atomic E-state index is 13.5. The third-order valence-corrected chi connectivity index (χ3v) is 6.37. The Bertz CT molecular complexity index is 1460. The van der Waals surface area contributed by atoms with E-state index in [0.29, 0.717) is 26.2 Å². The van der Waals surface area contributed by atoms with Crippen molar-refractivity contribution in [2.24, 2.45) is 4.99 Å². The molecular weight excluding hydrogens is 440 g/mol. The van der Waals surface area contributed by atoms with Gasteiger partial charge >= 0.3 is 11.9 Å². The zero-order valence-electron chi connectivity index (χ0n) is 18.4. The third kappa shape index (κ3) is 4.17. The summed E-state index contributed by atoms with van der Waals surface area (Å²) >= 11 is 1.16. The summed E-state index contributed by atoms with van der Waals surface area (Å²) in [5, 5.41) is 9.49. The van der Waals surface area contributed by atoms with E-state index in [1.54, 1.807) is 38.1 Å². The van der Waals surface area contributed by atoms with Gasteiger partial charge in [-0.15, -0.1) is 0 Å². The first-order chi connectivity index (χ1) is 15.8. The van der Waals surface area contributed by atoms with Crippen LogP contribution in [-0.2, 0) is 9.53 Å². The molecule has 0 amide bonds. The highest BCUT2D eigenvalue weighted by Gasteiger charge is 2.33. The Labute approximate surface area is 193 Å². The minimum atomic E-state index is -1.08. The van der Waals surface area contributed by atoms with Crippen LogP contribution in [0.15, 0.2) is 69.6 Å². The Kier molecular flexibility index (Phi) is 6.11. The molecule has 2 heterocycles. The summed E-state index contributed by atoms with van der Waals surface area (Å²) in [6.45, 7) is 5.61. The summed E-state index contributed by atoms with van der Waals surface area (Å²) < 4.78 is 7.11. The van der Waals surface area contributed by atoms with E-state index in [1.165, 1.54) is 10.6 Å². The van der Waals surface area contributed by atoms with Gasteiger partial charge in [-0.3, -0.25) is 9.36 Å². The number of fused-ring (bicyclic) bond motifs is 1. The first kappa shape index (κ1) is 22.4. The molecule has 1 aliphatic heterocycles. The monoisotopic (exact) mass is 462 g/mol. The molecule has 1 atom stereocenters. The average Bonchev–Trinajstić information content (AvgIpc) is 3.08. The Balaban J connectivity index is 1.98. The molecule has 0 saturated heterocycles. The molecule has 0 spiro atoms. The number of thiazole rings is 1. The normalized spacial score (nSPS) is 15.7. The quantitative estimate of drug-likeness (QED) is 0.588. The second kappa shape index (κ2) is 8.99. The van der Waals surface area contributed by atoms with E-state index >= 15 is 0 Å². The number of carboxylic acid groups (broad SMARTS) is 1. The second-order valence-corrected chi connectivity index (χ2v) is 8.61. The molecule has 2 aromatic carbocycles. The molecule has 33 heavy (non-hydrogen) atoms. The van der Waals surface area contributed by atoms with Crippen LogP contribution in [0.2, 0.25) is 0 Å². The maximum absolute atomic E-state index is 13.5. The van der Waals surface area contributed by atoms with Crippen LogP contribution >= 0.6 is 11.3 Å². The second-order valence-electron chi connectivity index (χ2n) is 7.61. The van der Waals surface area contributed by atoms with Crippen molar-refractivity contribution in [2.75, 3.05) is 6.61 Å². The number of nitrogens with zero attached hydrogens (tertiary/aromatic N) is 2. The molecule has 1 N–H and O–H groups in total. The molecule has 168 valence electrons. The van der Waals surface area contributed by atoms with Crippen LogP contribution in [0.1, 0.15) is 46.9 Å². The van der Waals surface area contributed by atoms with E-state index in [1.807, 2.05) is 31.2 Å². The smallest absolute Gasteiger partial charge is 0.338 e. The summed E-state index contributed by atoms with van der Waals surface area (Å²) in [4.78, 5) is 43.0. The van der Waals surface area contributed by atoms with Crippen LogP contribution in [0.5, 0.6) is 0 Å². The van der Waals surface area contributed by atoms with E-state index in [0.717, 1.165) is 22.5 Å². The van der Waals surface area contributed by atoms with Gasteiger partial charge in [-0.2, -0.15) is 0 Å². The first-order valence-electron chi connectivity index (χ1n) is 10.4. The van der Waals surface area contributed by atoms with E-state index in [4.69, 9.17) is 4.74 Å². The summed E-state index contributed by atoms with van der Waals surface area (Å²) in [7, 11) is 0. The molecule has 0 fully saturated rings. The van der Waals surface area contributed by atoms with Gasteiger partial charge in [-0.05, 0) is 44.0 Å². The number of hydrogen-bond donors (Lipinski definition) is 1. The van der Waals surface area contributed by atoms with Gasteiger partial charge in [-0.25, -0.2) is 14.6 Å². The van der Waals surface area contributed by atoms with Crippen molar-refractivity contribution in [1.82, 2.24) is 4.57 Å². The topological polar surface area (TPSA) is 98.0 Å². The van der Waals surface area contributed by atoms with Crippen LogP contribution in [-0.4, -0.2) is 28.2 Å². The number of ether oxygens (including phenoxy) is 1. The molecule has 0 radical (unpaired) electrons. The first-order valence-corrected chi connectivity index (χ1v) is 11.2. The number of allylic oxidation sites excluding steroid dienone is 1. The fourth-order valence-electron chi connectivity index (χ4n) is 3.81. The van der Waals surface area contributed by atoms with Crippen molar-refractivity contribution in [3.63, 3.8) is 0 Å². The number of aryl methyl sites for hydroxylation is 1. The maximum Gasteiger partial charge on any atom is 0.338 e. The number of aromatic nitrogens is 1.